The Morgan fingerprint density at radius 2 is 1.75 bits per heavy atom. The molecule has 0 aliphatic rings. The lowest BCUT2D eigenvalue weighted by atomic mass is 10.2. The second-order valence-electron chi connectivity index (χ2n) is 2.13. The lowest BCUT2D eigenvalue weighted by Gasteiger charge is -2.07. The van der Waals surface area contributed by atoms with E-state index in [2.05, 4.69) is 5.11 Å². The smallest absolute Gasteiger partial charge is 0.204 e. The molecule has 0 spiro atoms. The molecule has 0 saturated heterocycles. The second kappa shape index (κ2) is 2.92. The highest BCUT2D eigenvalue weighted by Crippen LogP contribution is 2.35. The minimum absolute atomic E-state index is 0.356. The normalized spacial score (nSPS) is 11.2. The summed E-state index contributed by atoms with van der Waals surface area (Å²) in [6.45, 7) is 0. The molecule has 0 aliphatic heterocycles. The van der Waals surface area contributed by atoms with E-state index >= 15 is 0 Å². The van der Waals surface area contributed by atoms with Gasteiger partial charge in [0.1, 0.15) is 0 Å². The number of rotatable bonds is 1. The number of alkyl halides is 3. The Morgan fingerprint density at radius 3 is 2.17 bits per heavy atom. The summed E-state index contributed by atoms with van der Waals surface area (Å²) in [4.78, 5) is 0. The van der Waals surface area contributed by atoms with Crippen molar-refractivity contribution in [2.24, 2.45) is 5.11 Å². The first-order chi connectivity index (χ1) is 5.55. The number of nitrogens with zero attached hydrogens (tertiary/aromatic N) is 1. The molecule has 12 heavy (non-hydrogen) atoms. The van der Waals surface area contributed by atoms with E-state index in [1.165, 1.54) is 12.1 Å². The molecule has 0 aromatic heterocycles. The summed E-state index contributed by atoms with van der Waals surface area (Å²) in [6.07, 6.45) is -4.43. The molecule has 0 saturated carbocycles. The zero-order valence-corrected chi connectivity index (χ0v) is 5.89. The molecular weight excluding hydrogens is 169 g/mol. The van der Waals surface area contributed by atoms with Crippen LogP contribution < -0.4 is 0 Å². The van der Waals surface area contributed by atoms with Gasteiger partial charge in [-0.15, -0.1) is 0 Å². The Balaban J connectivity index is 3.23. The number of halogens is 3. The lowest BCUT2D eigenvalue weighted by molar-refractivity contribution is -0.137. The van der Waals surface area contributed by atoms with Crippen molar-refractivity contribution in [2.45, 2.75) is 6.18 Å². The molecule has 1 aromatic carbocycles. The Labute approximate surface area is 66.5 Å². The van der Waals surface area contributed by atoms with Crippen LogP contribution in [0.15, 0.2) is 29.4 Å². The zero-order valence-electron chi connectivity index (χ0n) is 5.89. The quantitative estimate of drug-likeness (QED) is 0.633. The van der Waals surface area contributed by atoms with E-state index in [9.17, 15) is 13.2 Å². The van der Waals surface area contributed by atoms with Gasteiger partial charge in [-0.25, -0.2) is 5.53 Å². The average molecular weight is 174 g/mol. The van der Waals surface area contributed by atoms with Gasteiger partial charge in [-0.1, -0.05) is 12.1 Å². The van der Waals surface area contributed by atoms with Crippen molar-refractivity contribution in [3.8, 4) is 0 Å². The molecule has 0 atom stereocenters. The maximum absolute atomic E-state index is 12.1. The third-order valence-electron chi connectivity index (χ3n) is 1.33. The fraction of sp³-hybridized carbons (Fsp3) is 0.143. The Hall–Kier alpha value is -1.39. The number of para-hydroxylation sites is 1. The van der Waals surface area contributed by atoms with Gasteiger partial charge >= 0.3 is 6.18 Å². The molecule has 2 nitrogen and oxygen atoms in total. The van der Waals surface area contributed by atoms with Crippen LogP contribution in [0.3, 0.4) is 0 Å². The topological polar surface area (TPSA) is 36.2 Å². The highest BCUT2D eigenvalue weighted by Gasteiger charge is 2.33. The Bertz CT molecular complexity index is 293. The van der Waals surface area contributed by atoms with Gasteiger partial charge in [0.2, 0.25) is 0 Å². The number of nitrogens with one attached hydrogen (secondary N) is 1. The maximum Gasteiger partial charge on any atom is 0.418 e. The van der Waals surface area contributed by atoms with Crippen molar-refractivity contribution in [1.29, 1.82) is 5.53 Å². The van der Waals surface area contributed by atoms with Gasteiger partial charge in [-0.2, -0.15) is 18.3 Å². The van der Waals surface area contributed by atoms with Crippen LogP contribution in [0.25, 0.3) is 0 Å². The van der Waals surface area contributed by atoms with Crippen molar-refractivity contribution in [3.63, 3.8) is 0 Å². The predicted molar refractivity (Wildman–Crippen MR) is 36.3 cm³/mol. The van der Waals surface area contributed by atoms with E-state index in [-0.39, 0.29) is 5.69 Å². The molecule has 64 valence electrons. The van der Waals surface area contributed by atoms with Crippen molar-refractivity contribution < 1.29 is 13.2 Å². The Kier molecular flexibility index (Phi) is 2.12. The first-order valence-corrected chi connectivity index (χ1v) is 3.09. The lowest BCUT2D eigenvalue weighted by Crippen LogP contribution is -2.04. The third-order valence-corrected chi connectivity index (χ3v) is 1.33. The second-order valence-corrected chi connectivity index (χ2v) is 2.13. The van der Waals surface area contributed by atoms with Gasteiger partial charge in [0.05, 0.1) is 11.3 Å². The molecule has 0 unspecified atom stereocenters. The molecule has 0 heterocycles. The summed E-state index contributed by atoms with van der Waals surface area (Å²) in [5, 5.41) is 2.77. The van der Waals surface area contributed by atoms with Gasteiger partial charge in [0.15, 0.2) is 0 Å². The summed E-state index contributed by atoms with van der Waals surface area (Å²) in [7, 11) is 0. The van der Waals surface area contributed by atoms with Gasteiger partial charge in [-0.3, -0.25) is 0 Å². The van der Waals surface area contributed by atoms with E-state index in [0.717, 1.165) is 12.1 Å². The first-order valence-electron chi connectivity index (χ1n) is 3.09. The minimum Gasteiger partial charge on any atom is -0.204 e. The van der Waals surface area contributed by atoms with Crippen LogP contribution in [0.4, 0.5) is 18.9 Å². The molecule has 0 bridgehead atoms. The third kappa shape index (κ3) is 1.61. The van der Waals surface area contributed by atoms with Gasteiger partial charge in [0.25, 0.3) is 0 Å². The number of benzene rings is 1. The molecule has 1 N–H and O–H groups in total. The summed E-state index contributed by atoms with van der Waals surface area (Å²) in [6, 6.07) is 4.71. The van der Waals surface area contributed by atoms with E-state index < -0.39 is 11.7 Å². The molecular formula is C7H5F3N2. The fourth-order valence-electron chi connectivity index (χ4n) is 0.811. The van der Waals surface area contributed by atoms with Crippen molar-refractivity contribution in [3.05, 3.63) is 29.8 Å². The summed E-state index contributed by atoms with van der Waals surface area (Å²) < 4.78 is 36.3. The van der Waals surface area contributed by atoms with Crippen LogP contribution in [0.1, 0.15) is 5.56 Å². The summed E-state index contributed by atoms with van der Waals surface area (Å²) in [5.74, 6) is 0. The highest BCUT2D eigenvalue weighted by molar-refractivity contribution is 5.46. The van der Waals surface area contributed by atoms with E-state index in [1.54, 1.807) is 0 Å². The van der Waals surface area contributed by atoms with Gasteiger partial charge in [0, 0.05) is 0 Å². The standard InChI is InChI=1S/C7H5F3N2/c8-7(9,10)5-3-1-2-4-6(5)12-11/h1-4,11H. The first kappa shape index (κ1) is 8.70. The summed E-state index contributed by atoms with van der Waals surface area (Å²) in [5.41, 5.74) is 5.26. The molecule has 0 aliphatic carbocycles. The predicted octanol–water partition coefficient (Wildman–Crippen LogP) is 3.37. The average Bonchev–Trinajstić information content (AvgIpc) is 2.03. The van der Waals surface area contributed by atoms with Crippen LogP contribution in [-0.2, 0) is 6.18 Å². The van der Waals surface area contributed by atoms with E-state index in [0.29, 0.717) is 0 Å². The van der Waals surface area contributed by atoms with Crippen LogP contribution in [0.2, 0.25) is 0 Å². The SMILES string of the molecule is N=Nc1ccccc1C(F)(F)F. The van der Waals surface area contributed by atoms with E-state index in [1.807, 2.05) is 0 Å². The highest BCUT2D eigenvalue weighted by atomic mass is 19.4. The van der Waals surface area contributed by atoms with Gasteiger partial charge in [-0.05, 0) is 12.1 Å². The molecule has 1 rings (SSSR count). The molecule has 5 heteroatoms. The van der Waals surface area contributed by atoms with Crippen LogP contribution in [0, 0.1) is 5.53 Å². The molecule has 0 radical (unpaired) electrons. The van der Waals surface area contributed by atoms with Crippen molar-refractivity contribution >= 4 is 5.69 Å². The Morgan fingerprint density at radius 1 is 1.17 bits per heavy atom. The monoisotopic (exact) mass is 174 g/mol. The van der Waals surface area contributed by atoms with Gasteiger partial charge < -0.3 is 0 Å². The number of hydrogen-bond acceptors (Lipinski definition) is 2. The molecule has 1 aromatic rings. The molecule has 0 amide bonds. The number of hydrogen-bond donors (Lipinski definition) is 1. The fourth-order valence-corrected chi connectivity index (χ4v) is 0.811. The summed E-state index contributed by atoms with van der Waals surface area (Å²) >= 11 is 0. The van der Waals surface area contributed by atoms with Crippen LogP contribution in [0.5, 0.6) is 0 Å². The van der Waals surface area contributed by atoms with E-state index in [4.69, 9.17) is 5.53 Å². The maximum atomic E-state index is 12.1. The molecule has 0 fully saturated rings. The zero-order chi connectivity index (χ0) is 9.19. The van der Waals surface area contributed by atoms with Crippen molar-refractivity contribution in [2.75, 3.05) is 0 Å². The van der Waals surface area contributed by atoms with Crippen molar-refractivity contribution in [1.82, 2.24) is 0 Å². The van der Waals surface area contributed by atoms with Crippen LogP contribution in [-0.4, -0.2) is 0 Å². The largest absolute Gasteiger partial charge is 0.418 e. The minimum atomic E-state index is -4.43. The van der Waals surface area contributed by atoms with Crippen LogP contribution >= 0.6 is 0 Å².